The third kappa shape index (κ3) is 4.53. The standard InChI is InChI=1S/C16H26FN3/c1-13-4-3-9-20(10-7-13)11-8-15(18-2)16-6-5-14(17)12-19-16/h5-6,12-13,15,18H,3-4,7-11H2,1-2H3. The second-order valence-corrected chi connectivity index (χ2v) is 5.91. The van der Waals surface area contributed by atoms with E-state index in [1.807, 2.05) is 7.05 Å². The minimum atomic E-state index is -0.273. The zero-order chi connectivity index (χ0) is 14.4. The van der Waals surface area contributed by atoms with E-state index in [1.165, 1.54) is 44.6 Å². The second-order valence-electron chi connectivity index (χ2n) is 5.91. The van der Waals surface area contributed by atoms with Crippen molar-refractivity contribution in [3.05, 3.63) is 29.8 Å². The van der Waals surface area contributed by atoms with Gasteiger partial charge >= 0.3 is 0 Å². The summed E-state index contributed by atoms with van der Waals surface area (Å²) in [5.74, 6) is 0.587. The number of hydrogen-bond acceptors (Lipinski definition) is 3. The van der Waals surface area contributed by atoms with Crippen LogP contribution in [-0.2, 0) is 0 Å². The Labute approximate surface area is 121 Å². The summed E-state index contributed by atoms with van der Waals surface area (Å²) in [6.45, 7) is 5.84. The Balaban J connectivity index is 1.85. The summed E-state index contributed by atoms with van der Waals surface area (Å²) in [6.07, 6.45) is 6.28. The Hall–Kier alpha value is -1.00. The Morgan fingerprint density at radius 2 is 2.25 bits per heavy atom. The first-order valence-electron chi connectivity index (χ1n) is 7.70. The highest BCUT2D eigenvalue weighted by Crippen LogP contribution is 2.19. The molecule has 0 aromatic carbocycles. The summed E-state index contributed by atoms with van der Waals surface area (Å²) in [4.78, 5) is 6.74. The molecule has 1 aromatic heterocycles. The van der Waals surface area contributed by atoms with Crippen LogP contribution in [0.1, 0.15) is 44.3 Å². The van der Waals surface area contributed by atoms with Crippen molar-refractivity contribution in [1.82, 2.24) is 15.2 Å². The molecule has 1 aromatic rings. The van der Waals surface area contributed by atoms with Crippen molar-refractivity contribution in [3.8, 4) is 0 Å². The summed E-state index contributed by atoms with van der Waals surface area (Å²) >= 11 is 0. The van der Waals surface area contributed by atoms with Gasteiger partial charge in [0.1, 0.15) is 5.82 Å². The average Bonchev–Trinajstić information content (AvgIpc) is 2.66. The quantitative estimate of drug-likeness (QED) is 0.898. The smallest absolute Gasteiger partial charge is 0.141 e. The molecule has 1 aliphatic rings. The Morgan fingerprint density at radius 3 is 2.95 bits per heavy atom. The number of nitrogens with zero attached hydrogens (tertiary/aromatic N) is 2. The van der Waals surface area contributed by atoms with Gasteiger partial charge in [-0.3, -0.25) is 4.98 Å². The van der Waals surface area contributed by atoms with E-state index < -0.39 is 0 Å². The highest BCUT2D eigenvalue weighted by molar-refractivity contribution is 5.09. The molecular formula is C16H26FN3. The Bertz CT molecular complexity index is 393. The molecule has 2 atom stereocenters. The molecule has 112 valence electrons. The third-order valence-corrected chi connectivity index (χ3v) is 4.30. The minimum Gasteiger partial charge on any atom is -0.312 e. The number of nitrogens with one attached hydrogen (secondary N) is 1. The van der Waals surface area contributed by atoms with Crippen LogP contribution in [-0.4, -0.2) is 36.6 Å². The van der Waals surface area contributed by atoms with E-state index in [9.17, 15) is 4.39 Å². The first-order chi connectivity index (χ1) is 9.69. The van der Waals surface area contributed by atoms with Crippen molar-refractivity contribution < 1.29 is 4.39 Å². The molecular weight excluding hydrogens is 253 g/mol. The van der Waals surface area contributed by atoms with Crippen molar-refractivity contribution in [2.24, 2.45) is 5.92 Å². The zero-order valence-corrected chi connectivity index (χ0v) is 12.6. The van der Waals surface area contributed by atoms with E-state index in [4.69, 9.17) is 0 Å². The van der Waals surface area contributed by atoms with Crippen LogP contribution in [0.25, 0.3) is 0 Å². The topological polar surface area (TPSA) is 28.2 Å². The van der Waals surface area contributed by atoms with Crippen molar-refractivity contribution in [2.75, 3.05) is 26.7 Å². The van der Waals surface area contributed by atoms with Gasteiger partial charge in [0.25, 0.3) is 0 Å². The maximum absolute atomic E-state index is 12.9. The lowest BCUT2D eigenvalue weighted by atomic mass is 10.0. The lowest BCUT2D eigenvalue weighted by Gasteiger charge is -2.23. The highest BCUT2D eigenvalue weighted by Gasteiger charge is 2.16. The van der Waals surface area contributed by atoms with E-state index >= 15 is 0 Å². The lowest BCUT2D eigenvalue weighted by Crippen LogP contribution is -2.29. The minimum absolute atomic E-state index is 0.205. The molecule has 2 heterocycles. The van der Waals surface area contributed by atoms with Crippen LogP contribution in [0.4, 0.5) is 4.39 Å². The number of halogens is 1. The monoisotopic (exact) mass is 279 g/mol. The van der Waals surface area contributed by atoms with Crippen molar-refractivity contribution in [3.63, 3.8) is 0 Å². The maximum atomic E-state index is 12.9. The van der Waals surface area contributed by atoms with Crippen LogP contribution in [0.3, 0.4) is 0 Å². The summed E-state index contributed by atoms with van der Waals surface area (Å²) in [5, 5.41) is 3.29. The number of pyridine rings is 1. The van der Waals surface area contributed by atoms with E-state index in [1.54, 1.807) is 6.07 Å². The molecule has 1 saturated heterocycles. The molecule has 3 nitrogen and oxygen atoms in total. The summed E-state index contributed by atoms with van der Waals surface area (Å²) < 4.78 is 12.9. The van der Waals surface area contributed by atoms with Gasteiger partial charge in [-0.05, 0) is 70.4 Å². The SMILES string of the molecule is CNC(CCN1CCCC(C)CC1)c1ccc(F)cn1. The van der Waals surface area contributed by atoms with E-state index in [2.05, 4.69) is 22.1 Å². The third-order valence-electron chi connectivity index (χ3n) is 4.30. The predicted molar refractivity (Wildman–Crippen MR) is 80.1 cm³/mol. The molecule has 20 heavy (non-hydrogen) atoms. The molecule has 0 aliphatic carbocycles. The Morgan fingerprint density at radius 1 is 1.40 bits per heavy atom. The van der Waals surface area contributed by atoms with Gasteiger partial charge < -0.3 is 10.2 Å². The van der Waals surface area contributed by atoms with Crippen LogP contribution in [0, 0.1) is 11.7 Å². The molecule has 2 rings (SSSR count). The second kappa shape index (κ2) is 7.70. The number of rotatable bonds is 5. The van der Waals surface area contributed by atoms with Crippen LogP contribution in [0.15, 0.2) is 18.3 Å². The first kappa shape index (κ1) is 15.4. The molecule has 0 amide bonds. The fraction of sp³-hybridized carbons (Fsp3) is 0.688. The van der Waals surface area contributed by atoms with Gasteiger partial charge in [0, 0.05) is 0 Å². The van der Waals surface area contributed by atoms with Gasteiger partial charge in [0.2, 0.25) is 0 Å². The van der Waals surface area contributed by atoms with E-state index in [0.29, 0.717) is 0 Å². The Kier molecular flexibility index (Phi) is 5.92. The molecule has 0 bridgehead atoms. The van der Waals surface area contributed by atoms with Crippen molar-refractivity contribution in [2.45, 2.75) is 38.6 Å². The molecule has 0 saturated carbocycles. The molecule has 1 aliphatic heterocycles. The molecule has 0 radical (unpaired) electrons. The van der Waals surface area contributed by atoms with Gasteiger partial charge in [0.15, 0.2) is 0 Å². The summed E-state index contributed by atoms with van der Waals surface area (Å²) in [6, 6.07) is 3.47. The number of aromatic nitrogens is 1. The van der Waals surface area contributed by atoms with E-state index in [0.717, 1.165) is 24.6 Å². The molecule has 4 heteroatoms. The van der Waals surface area contributed by atoms with Crippen LogP contribution >= 0.6 is 0 Å². The fourth-order valence-electron chi connectivity index (χ4n) is 2.89. The van der Waals surface area contributed by atoms with Gasteiger partial charge in [-0.1, -0.05) is 6.92 Å². The van der Waals surface area contributed by atoms with Crippen LogP contribution < -0.4 is 5.32 Å². The van der Waals surface area contributed by atoms with Gasteiger partial charge in [-0.25, -0.2) is 4.39 Å². The van der Waals surface area contributed by atoms with Crippen LogP contribution in [0.5, 0.6) is 0 Å². The van der Waals surface area contributed by atoms with Gasteiger partial charge in [-0.2, -0.15) is 0 Å². The zero-order valence-electron chi connectivity index (χ0n) is 12.6. The van der Waals surface area contributed by atoms with Crippen molar-refractivity contribution >= 4 is 0 Å². The largest absolute Gasteiger partial charge is 0.312 e. The lowest BCUT2D eigenvalue weighted by molar-refractivity contribution is 0.264. The van der Waals surface area contributed by atoms with Gasteiger partial charge in [-0.15, -0.1) is 0 Å². The highest BCUT2D eigenvalue weighted by atomic mass is 19.1. The average molecular weight is 279 g/mol. The molecule has 2 unspecified atom stereocenters. The molecule has 1 fully saturated rings. The number of likely N-dealkylation sites (tertiary alicyclic amines) is 1. The predicted octanol–water partition coefficient (Wildman–Crippen LogP) is 2.99. The maximum Gasteiger partial charge on any atom is 0.141 e. The van der Waals surface area contributed by atoms with Crippen LogP contribution in [0.2, 0.25) is 0 Å². The van der Waals surface area contributed by atoms with Gasteiger partial charge in [0.05, 0.1) is 17.9 Å². The summed E-state index contributed by atoms with van der Waals surface area (Å²) in [7, 11) is 1.94. The normalized spacial score (nSPS) is 22.4. The molecule has 1 N–H and O–H groups in total. The first-order valence-corrected chi connectivity index (χ1v) is 7.70. The van der Waals surface area contributed by atoms with Crippen molar-refractivity contribution in [1.29, 1.82) is 0 Å². The number of hydrogen-bond donors (Lipinski definition) is 1. The fourth-order valence-corrected chi connectivity index (χ4v) is 2.89. The summed E-state index contributed by atoms with van der Waals surface area (Å²) in [5.41, 5.74) is 0.928. The molecule has 0 spiro atoms. The van der Waals surface area contributed by atoms with E-state index in [-0.39, 0.29) is 11.9 Å².